The largest absolute Gasteiger partial charge is 0.354 e. The van der Waals surface area contributed by atoms with Crippen LogP contribution in [0.25, 0.3) is 17.1 Å². The molecule has 4 heteroatoms. The van der Waals surface area contributed by atoms with E-state index in [-0.39, 0.29) is 5.56 Å². The molecule has 2 aromatic rings. The van der Waals surface area contributed by atoms with Crippen LogP contribution in [-0.4, -0.2) is 14.5 Å². The van der Waals surface area contributed by atoms with E-state index >= 15 is 0 Å². The molecule has 0 amide bonds. The molecule has 0 radical (unpaired) electrons. The van der Waals surface area contributed by atoms with Gasteiger partial charge in [0.25, 0.3) is 5.56 Å². The van der Waals surface area contributed by atoms with Crippen molar-refractivity contribution in [1.82, 2.24) is 14.5 Å². The van der Waals surface area contributed by atoms with Crippen LogP contribution in [0, 0.1) is 13.8 Å². The quantitative estimate of drug-likeness (QED) is 0.620. The fourth-order valence-corrected chi connectivity index (χ4v) is 3.05. The van der Waals surface area contributed by atoms with Crippen molar-refractivity contribution in [2.75, 3.05) is 0 Å². The maximum atomic E-state index is 12.8. The molecule has 124 valence electrons. The summed E-state index contributed by atoms with van der Waals surface area (Å²) in [5.74, 6) is 0.687. The Balaban J connectivity index is 1.79. The van der Waals surface area contributed by atoms with Gasteiger partial charge in [-0.1, -0.05) is 60.2 Å². The van der Waals surface area contributed by atoms with Gasteiger partial charge >= 0.3 is 0 Å². The van der Waals surface area contributed by atoms with Crippen LogP contribution in [0.2, 0.25) is 0 Å². The summed E-state index contributed by atoms with van der Waals surface area (Å²) in [7, 11) is 0. The summed E-state index contributed by atoms with van der Waals surface area (Å²) in [6.07, 6.45) is 2.38. The third-order valence-electron chi connectivity index (χ3n) is 4.43. The topological polar surface area (TPSA) is 50.7 Å². The van der Waals surface area contributed by atoms with Gasteiger partial charge < -0.3 is 4.98 Å². The van der Waals surface area contributed by atoms with Crippen LogP contribution in [0.5, 0.6) is 0 Å². The third-order valence-corrected chi connectivity index (χ3v) is 4.43. The average Bonchev–Trinajstić information content (AvgIpc) is 2.94. The standard InChI is InChI=1S/C21H19N3O/c1-14-8-10-16(11-9-14)12-18-21(25)24-13-19(17-6-4-3-5-7-17)22-15(2)20(24)23-18/h3-11,13,22H,12H2,1-2H3. The predicted molar refractivity (Wildman–Crippen MR) is 99.5 cm³/mol. The molecule has 0 aliphatic carbocycles. The van der Waals surface area contributed by atoms with Crippen LogP contribution in [0.3, 0.4) is 0 Å². The molecular formula is C21H19N3O. The van der Waals surface area contributed by atoms with Crippen LogP contribution < -0.4 is 5.56 Å². The number of H-pyrrole nitrogens is 1. The van der Waals surface area contributed by atoms with Gasteiger partial charge in [-0.25, -0.2) is 4.98 Å². The summed E-state index contributed by atoms with van der Waals surface area (Å²) >= 11 is 0. The molecule has 0 fully saturated rings. The molecule has 0 aromatic heterocycles. The second-order valence-corrected chi connectivity index (χ2v) is 6.38. The molecule has 0 unspecified atom stereocenters. The lowest BCUT2D eigenvalue weighted by Crippen LogP contribution is -2.16. The minimum atomic E-state index is -0.0511. The van der Waals surface area contributed by atoms with Gasteiger partial charge in [0.1, 0.15) is 5.69 Å². The van der Waals surface area contributed by atoms with Crippen LogP contribution >= 0.6 is 0 Å². The van der Waals surface area contributed by atoms with Crippen molar-refractivity contribution in [3.8, 4) is 17.1 Å². The van der Waals surface area contributed by atoms with E-state index < -0.39 is 0 Å². The van der Waals surface area contributed by atoms with E-state index in [2.05, 4.69) is 29.0 Å². The molecule has 2 aliphatic heterocycles. The lowest BCUT2D eigenvalue weighted by Gasteiger charge is -2.09. The summed E-state index contributed by atoms with van der Waals surface area (Å²) in [4.78, 5) is 20.8. The normalized spacial score (nSPS) is 11.1. The monoisotopic (exact) mass is 329 g/mol. The molecule has 0 atom stereocenters. The number of hydrogen-bond acceptors (Lipinski definition) is 2. The Morgan fingerprint density at radius 3 is 2.44 bits per heavy atom. The van der Waals surface area contributed by atoms with Crippen molar-refractivity contribution in [2.45, 2.75) is 20.3 Å². The van der Waals surface area contributed by atoms with E-state index in [1.807, 2.05) is 55.6 Å². The first-order valence-corrected chi connectivity index (χ1v) is 8.33. The minimum absolute atomic E-state index is 0.0511. The van der Waals surface area contributed by atoms with Crippen molar-refractivity contribution in [1.29, 1.82) is 0 Å². The van der Waals surface area contributed by atoms with Gasteiger partial charge in [0.05, 0.1) is 11.4 Å². The number of aromatic nitrogens is 3. The smallest absolute Gasteiger partial charge is 0.278 e. The van der Waals surface area contributed by atoms with E-state index in [9.17, 15) is 4.79 Å². The van der Waals surface area contributed by atoms with Gasteiger partial charge in [-0.3, -0.25) is 9.36 Å². The van der Waals surface area contributed by atoms with Gasteiger partial charge in [-0.2, -0.15) is 0 Å². The lowest BCUT2D eigenvalue weighted by molar-refractivity contribution is 0.942. The molecular weight excluding hydrogens is 310 g/mol. The molecule has 4 nitrogen and oxygen atoms in total. The first-order valence-electron chi connectivity index (χ1n) is 8.33. The third kappa shape index (κ3) is 2.87. The predicted octanol–water partition coefficient (Wildman–Crippen LogP) is 3.87. The fraction of sp³-hybridized carbons (Fsp3) is 0.143. The number of aryl methyl sites for hydroxylation is 2. The highest BCUT2D eigenvalue weighted by Crippen LogP contribution is 2.21. The zero-order chi connectivity index (χ0) is 17.4. The van der Waals surface area contributed by atoms with Crippen molar-refractivity contribution in [3.05, 3.63) is 93.7 Å². The Bertz CT molecular complexity index is 1040. The highest BCUT2D eigenvalue weighted by molar-refractivity contribution is 5.59. The molecule has 2 heterocycles. The second kappa shape index (κ2) is 6.06. The van der Waals surface area contributed by atoms with Crippen LogP contribution in [0.1, 0.15) is 22.5 Å². The molecule has 4 rings (SSSR count). The maximum absolute atomic E-state index is 12.8. The van der Waals surface area contributed by atoms with E-state index in [1.54, 1.807) is 4.57 Å². The Hall–Kier alpha value is -3.14. The molecule has 0 saturated carbocycles. The fourth-order valence-electron chi connectivity index (χ4n) is 3.05. The average molecular weight is 329 g/mol. The molecule has 0 saturated heterocycles. The Morgan fingerprint density at radius 1 is 1.00 bits per heavy atom. The zero-order valence-electron chi connectivity index (χ0n) is 14.3. The first kappa shape index (κ1) is 15.4. The number of hydrogen-bond donors (Lipinski definition) is 1. The number of nitrogens with one attached hydrogen (secondary N) is 1. The Kier molecular flexibility index (Phi) is 3.73. The number of imidazole rings is 1. The van der Waals surface area contributed by atoms with Crippen molar-refractivity contribution in [2.24, 2.45) is 0 Å². The van der Waals surface area contributed by atoms with Gasteiger partial charge in [0.2, 0.25) is 0 Å². The van der Waals surface area contributed by atoms with Crippen molar-refractivity contribution < 1.29 is 0 Å². The number of rotatable bonds is 3. The van der Waals surface area contributed by atoms with Gasteiger partial charge in [-0.05, 0) is 25.0 Å². The summed E-state index contributed by atoms with van der Waals surface area (Å²) < 4.78 is 1.65. The van der Waals surface area contributed by atoms with Crippen LogP contribution in [0.4, 0.5) is 0 Å². The van der Waals surface area contributed by atoms with Crippen LogP contribution in [0.15, 0.2) is 65.6 Å². The van der Waals surface area contributed by atoms with Crippen molar-refractivity contribution >= 4 is 0 Å². The summed E-state index contributed by atoms with van der Waals surface area (Å²) in [6.45, 7) is 4.00. The molecule has 1 N–H and O–H groups in total. The van der Waals surface area contributed by atoms with Gasteiger partial charge in [0, 0.05) is 12.6 Å². The lowest BCUT2D eigenvalue weighted by atomic mass is 10.1. The number of fused-ring (bicyclic) bond motifs is 1. The Morgan fingerprint density at radius 2 is 1.72 bits per heavy atom. The second-order valence-electron chi connectivity index (χ2n) is 6.38. The Labute approximate surface area is 146 Å². The van der Waals surface area contributed by atoms with Gasteiger partial charge in [0.15, 0.2) is 5.82 Å². The minimum Gasteiger partial charge on any atom is -0.354 e. The highest BCUT2D eigenvalue weighted by atomic mass is 16.1. The van der Waals surface area contributed by atoms with Crippen LogP contribution in [-0.2, 0) is 6.42 Å². The molecule has 0 bridgehead atoms. The maximum Gasteiger partial charge on any atom is 0.278 e. The van der Waals surface area contributed by atoms with E-state index in [0.29, 0.717) is 17.9 Å². The van der Waals surface area contributed by atoms with E-state index in [0.717, 1.165) is 22.5 Å². The molecule has 2 aliphatic rings. The molecule has 25 heavy (non-hydrogen) atoms. The summed E-state index contributed by atoms with van der Waals surface area (Å²) in [5.41, 5.74) is 5.65. The molecule has 2 aromatic carbocycles. The van der Waals surface area contributed by atoms with E-state index in [1.165, 1.54) is 5.56 Å². The SMILES string of the molecule is Cc1ccc(Cc2nc3c(C)[nH]c(-c4ccccc4)cn-3c2=O)cc1. The molecule has 0 spiro atoms. The van der Waals surface area contributed by atoms with Gasteiger partial charge in [-0.15, -0.1) is 0 Å². The highest BCUT2D eigenvalue weighted by Gasteiger charge is 2.18. The summed E-state index contributed by atoms with van der Waals surface area (Å²) in [5, 5.41) is 0. The van der Waals surface area contributed by atoms with Crippen molar-refractivity contribution in [3.63, 3.8) is 0 Å². The van der Waals surface area contributed by atoms with E-state index in [4.69, 9.17) is 0 Å². The zero-order valence-corrected chi connectivity index (χ0v) is 14.3. The number of benzene rings is 2. The number of aromatic amines is 1. The summed E-state index contributed by atoms with van der Waals surface area (Å²) in [6, 6.07) is 18.2. The number of nitrogens with zero attached hydrogens (tertiary/aromatic N) is 2. The first-order chi connectivity index (χ1) is 12.1.